The zero-order valence-corrected chi connectivity index (χ0v) is 15.4. The number of carbonyl (C=O) groups excluding carboxylic acids is 1. The molecule has 0 unspecified atom stereocenters. The Morgan fingerprint density at radius 2 is 2.08 bits per heavy atom. The molecule has 0 aromatic carbocycles. The molecule has 2 aromatic rings. The van der Waals surface area contributed by atoms with Crippen LogP contribution in [0.1, 0.15) is 45.2 Å². The lowest BCUT2D eigenvalue weighted by Gasteiger charge is -2.35. The molecule has 25 heavy (non-hydrogen) atoms. The van der Waals surface area contributed by atoms with E-state index < -0.39 is 0 Å². The van der Waals surface area contributed by atoms with Crippen LogP contribution in [0.4, 0.5) is 5.82 Å². The summed E-state index contributed by atoms with van der Waals surface area (Å²) in [7, 11) is 0. The second-order valence-corrected chi connectivity index (χ2v) is 6.76. The first-order valence-electron chi connectivity index (χ1n) is 9.26. The average molecular weight is 345 g/mol. The van der Waals surface area contributed by atoms with Crippen molar-refractivity contribution in [1.29, 1.82) is 0 Å². The van der Waals surface area contributed by atoms with E-state index in [1.165, 1.54) is 6.33 Å². The van der Waals surface area contributed by atoms with Crippen molar-refractivity contribution < 1.29 is 9.32 Å². The van der Waals surface area contributed by atoms with E-state index in [4.69, 9.17) is 4.52 Å². The van der Waals surface area contributed by atoms with Crippen LogP contribution in [0.25, 0.3) is 11.1 Å². The lowest BCUT2D eigenvalue weighted by molar-refractivity contribution is -0.135. The number of hydrogen-bond acceptors (Lipinski definition) is 6. The third kappa shape index (κ3) is 3.60. The van der Waals surface area contributed by atoms with E-state index in [1.807, 2.05) is 11.8 Å². The number of anilines is 1. The maximum Gasteiger partial charge on any atom is 0.263 e. The number of aryl methyl sites for hydroxylation is 1. The van der Waals surface area contributed by atoms with Gasteiger partial charge in [0.15, 0.2) is 0 Å². The number of aromatic nitrogens is 3. The number of hydrogen-bond donors (Lipinski definition) is 0. The van der Waals surface area contributed by atoms with Gasteiger partial charge in [0.1, 0.15) is 17.5 Å². The minimum absolute atomic E-state index is 0.0250. The van der Waals surface area contributed by atoms with Gasteiger partial charge in [-0.25, -0.2) is 4.98 Å². The first-order chi connectivity index (χ1) is 12.2. The maximum atomic E-state index is 13.0. The predicted molar refractivity (Wildman–Crippen MR) is 96.4 cm³/mol. The van der Waals surface area contributed by atoms with Crippen molar-refractivity contribution in [1.82, 2.24) is 20.0 Å². The van der Waals surface area contributed by atoms with Gasteiger partial charge in [-0.3, -0.25) is 4.79 Å². The minimum atomic E-state index is 0.0250. The molecular formula is C18H27N5O2. The largest absolute Gasteiger partial charge is 0.355 e. The van der Waals surface area contributed by atoms with Crippen LogP contribution >= 0.6 is 0 Å². The van der Waals surface area contributed by atoms with Crippen LogP contribution in [0.15, 0.2) is 10.9 Å². The molecule has 0 N–H and O–H groups in total. The van der Waals surface area contributed by atoms with Crippen LogP contribution in [-0.4, -0.2) is 52.1 Å². The third-order valence-electron chi connectivity index (χ3n) is 4.79. The first-order valence-corrected chi connectivity index (χ1v) is 9.26. The normalized spacial score (nSPS) is 17.9. The molecule has 3 heterocycles. The van der Waals surface area contributed by atoms with E-state index in [2.05, 4.69) is 33.9 Å². The molecule has 2 aromatic heterocycles. The van der Waals surface area contributed by atoms with Gasteiger partial charge < -0.3 is 14.3 Å². The highest BCUT2D eigenvalue weighted by molar-refractivity contribution is 5.88. The summed E-state index contributed by atoms with van der Waals surface area (Å²) in [5.41, 5.74) is 1.30. The van der Waals surface area contributed by atoms with Gasteiger partial charge in [-0.2, -0.15) is 4.98 Å². The van der Waals surface area contributed by atoms with Crippen LogP contribution in [-0.2, 0) is 4.79 Å². The standard InChI is InChI=1S/C18H27N5O2/c1-4-8-22(9-5-2)18(24)14-7-6-10-23(11-14)16-15-13(3)21-25-17(15)20-12-19-16/h12,14H,4-11H2,1-3H3/t14-/m1/s1. The molecule has 1 saturated heterocycles. The van der Waals surface area contributed by atoms with Crippen molar-refractivity contribution in [3.63, 3.8) is 0 Å². The summed E-state index contributed by atoms with van der Waals surface area (Å²) in [6, 6.07) is 0. The van der Waals surface area contributed by atoms with Crippen molar-refractivity contribution in [2.45, 2.75) is 46.5 Å². The highest BCUT2D eigenvalue weighted by Gasteiger charge is 2.30. The van der Waals surface area contributed by atoms with Crippen LogP contribution in [0.2, 0.25) is 0 Å². The van der Waals surface area contributed by atoms with Crippen molar-refractivity contribution in [3.8, 4) is 0 Å². The van der Waals surface area contributed by atoms with Crippen LogP contribution < -0.4 is 4.90 Å². The van der Waals surface area contributed by atoms with Gasteiger partial charge in [0.2, 0.25) is 5.91 Å². The number of amides is 1. The molecule has 1 aliphatic rings. The van der Waals surface area contributed by atoms with E-state index in [1.54, 1.807) is 0 Å². The summed E-state index contributed by atoms with van der Waals surface area (Å²) in [5.74, 6) is 1.14. The van der Waals surface area contributed by atoms with Crippen molar-refractivity contribution >= 4 is 22.8 Å². The fraction of sp³-hybridized carbons (Fsp3) is 0.667. The smallest absolute Gasteiger partial charge is 0.263 e. The summed E-state index contributed by atoms with van der Waals surface area (Å²) in [6.45, 7) is 9.40. The Morgan fingerprint density at radius 1 is 1.32 bits per heavy atom. The first kappa shape index (κ1) is 17.6. The van der Waals surface area contributed by atoms with Gasteiger partial charge in [0, 0.05) is 26.2 Å². The fourth-order valence-electron chi connectivity index (χ4n) is 3.64. The molecule has 3 rings (SSSR count). The second kappa shape index (κ2) is 7.80. The molecule has 136 valence electrons. The Kier molecular flexibility index (Phi) is 5.50. The van der Waals surface area contributed by atoms with E-state index in [0.29, 0.717) is 12.3 Å². The molecule has 1 amide bonds. The lowest BCUT2D eigenvalue weighted by Crippen LogP contribution is -2.45. The van der Waals surface area contributed by atoms with Gasteiger partial charge in [-0.1, -0.05) is 19.0 Å². The van der Waals surface area contributed by atoms with Gasteiger partial charge in [-0.05, 0) is 32.6 Å². The SMILES string of the molecule is CCCN(CCC)C(=O)[C@@H]1CCCN(c2ncnc3onc(C)c23)C1. The topological polar surface area (TPSA) is 75.4 Å². The molecular weight excluding hydrogens is 318 g/mol. The minimum Gasteiger partial charge on any atom is -0.355 e. The molecule has 1 fully saturated rings. The van der Waals surface area contributed by atoms with Gasteiger partial charge in [0.25, 0.3) is 5.71 Å². The highest BCUT2D eigenvalue weighted by Crippen LogP contribution is 2.30. The monoisotopic (exact) mass is 345 g/mol. The number of piperidine rings is 1. The van der Waals surface area contributed by atoms with E-state index in [9.17, 15) is 4.79 Å². The number of fused-ring (bicyclic) bond motifs is 1. The van der Waals surface area contributed by atoms with E-state index in [-0.39, 0.29) is 11.8 Å². The Bertz CT molecular complexity index is 723. The Balaban J connectivity index is 1.80. The fourth-order valence-corrected chi connectivity index (χ4v) is 3.64. The quantitative estimate of drug-likeness (QED) is 0.801. The Labute approximate surface area is 148 Å². The van der Waals surface area contributed by atoms with Crippen LogP contribution in [0.5, 0.6) is 0 Å². The molecule has 1 aliphatic heterocycles. The average Bonchev–Trinajstić information content (AvgIpc) is 3.02. The molecule has 0 bridgehead atoms. The van der Waals surface area contributed by atoms with Crippen molar-refractivity contribution in [2.75, 3.05) is 31.1 Å². The zero-order valence-electron chi connectivity index (χ0n) is 15.4. The van der Waals surface area contributed by atoms with Crippen LogP contribution in [0.3, 0.4) is 0 Å². The number of rotatable bonds is 6. The van der Waals surface area contributed by atoms with Gasteiger partial charge in [0.05, 0.1) is 11.6 Å². The summed E-state index contributed by atoms with van der Waals surface area (Å²) >= 11 is 0. The third-order valence-corrected chi connectivity index (χ3v) is 4.79. The molecule has 0 saturated carbocycles. The molecule has 0 radical (unpaired) electrons. The molecule has 0 aliphatic carbocycles. The second-order valence-electron chi connectivity index (χ2n) is 6.76. The Hall–Kier alpha value is -2.18. The van der Waals surface area contributed by atoms with Crippen LogP contribution in [0, 0.1) is 12.8 Å². The number of carbonyl (C=O) groups is 1. The number of nitrogens with zero attached hydrogens (tertiary/aromatic N) is 5. The predicted octanol–water partition coefficient (Wildman–Crippen LogP) is 2.79. The zero-order chi connectivity index (χ0) is 17.8. The molecule has 7 nitrogen and oxygen atoms in total. The summed E-state index contributed by atoms with van der Waals surface area (Å²) < 4.78 is 5.25. The Morgan fingerprint density at radius 3 is 2.80 bits per heavy atom. The maximum absolute atomic E-state index is 13.0. The van der Waals surface area contributed by atoms with Gasteiger partial charge >= 0.3 is 0 Å². The van der Waals surface area contributed by atoms with Crippen molar-refractivity contribution in [3.05, 3.63) is 12.0 Å². The van der Waals surface area contributed by atoms with Gasteiger partial charge in [-0.15, -0.1) is 0 Å². The van der Waals surface area contributed by atoms with E-state index in [0.717, 1.165) is 62.2 Å². The molecule has 1 atom stereocenters. The molecule has 7 heteroatoms. The highest BCUT2D eigenvalue weighted by atomic mass is 16.5. The summed E-state index contributed by atoms with van der Waals surface area (Å²) in [4.78, 5) is 25.8. The lowest BCUT2D eigenvalue weighted by atomic mass is 9.96. The summed E-state index contributed by atoms with van der Waals surface area (Å²) in [5, 5.41) is 4.86. The molecule has 0 spiro atoms. The van der Waals surface area contributed by atoms with Crippen molar-refractivity contribution in [2.24, 2.45) is 5.92 Å². The van der Waals surface area contributed by atoms with E-state index >= 15 is 0 Å². The summed E-state index contributed by atoms with van der Waals surface area (Å²) in [6.07, 6.45) is 5.42.